The van der Waals surface area contributed by atoms with Gasteiger partial charge in [0.05, 0.1) is 29.0 Å². The first kappa shape index (κ1) is 6.12. The summed E-state index contributed by atoms with van der Waals surface area (Å²) in [5.41, 5.74) is 0. The molecule has 0 heterocycles. The molecule has 0 fully saturated rings. The number of carboxylic acid groups (broad SMARTS) is 1. The highest BCUT2D eigenvalue weighted by molar-refractivity contribution is 5.66. The Morgan fingerprint density at radius 3 is 3.20 bits per heavy atom. The van der Waals surface area contributed by atoms with Crippen molar-refractivity contribution in [3.05, 3.63) is 0 Å². The van der Waals surface area contributed by atoms with E-state index in [4.69, 9.17) is 12.6 Å². The molecule has 0 aromatic rings. The smallest absolute Gasteiger partial charge is 0.305 e. The largest absolute Gasteiger partial charge is 0.481 e. The normalized spacial score (nSPS) is 15.6. The van der Waals surface area contributed by atoms with Crippen LogP contribution < -0.4 is 0 Å². The summed E-state index contributed by atoms with van der Waals surface area (Å²) in [7, 11) is -1.30. The van der Waals surface area contributed by atoms with E-state index in [1.807, 2.05) is 0 Å². The standard InChI is InChI=1S/C6H12O4/c1-9-4-5-10-3-2-6(7)8/h2-5H2,1H3,(H,7,8)/i1TD. The topological polar surface area (TPSA) is 55.8 Å². The summed E-state index contributed by atoms with van der Waals surface area (Å²) in [4.78, 5) is 9.97. The van der Waals surface area contributed by atoms with Crippen LogP contribution in [-0.2, 0) is 14.3 Å². The monoisotopic (exact) mass is 151 g/mol. The SMILES string of the molecule is [2H]C([3H])OCCOCCC(=O)O. The van der Waals surface area contributed by atoms with Gasteiger partial charge in [-0.1, -0.05) is 0 Å². The predicted octanol–water partition coefficient (Wildman–Crippen LogP) is 0.124. The minimum Gasteiger partial charge on any atom is -0.481 e. The number of rotatable bonds is 6. The summed E-state index contributed by atoms with van der Waals surface area (Å²) in [5.74, 6) is -0.908. The highest BCUT2D eigenvalue weighted by Crippen LogP contribution is 1.81. The molecule has 0 saturated heterocycles. The van der Waals surface area contributed by atoms with Crippen LogP contribution in [0.25, 0.3) is 0 Å². The van der Waals surface area contributed by atoms with Crippen LogP contribution in [0.5, 0.6) is 0 Å². The number of aliphatic carboxylic acids is 1. The molecule has 0 aliphatic heterocycles. The van der Waals surface area contributed by atoms with Gasteiger partial charge >= 0.3 is 5.97 Å². The summed E-state index contributed by atoms with van der Waals surface area (Å²) in [6, 6.07) is 0. The number of carbonyl (C=O) groups is 1. The molecule has 1 unspecified atom stereocenters. The number of carboxylic acids is 1. The van der Waals surface area contributed by atoms with E-state index in [0.717, 1.165) is 0 Å². The van der Waals surface area contributed by atoms with Gasteiger partial charge in [0.1, 0.15) is 0 Å². The molecule has 0 aliphatic rings. The van der Waals surface area contributed by atoms with E-state index in [1.54, 1.807) is 0 Å². The van der Waals surface area contributed by atoms with Gasteiger partial charge in [-0.2, -0.15) is 0 Å². The van der Waals surface area contributed by atoms with Gasteiger partial charge in [0, 0.05) is 7.06 Å². The predicted molar refractivity (Wildman–Crippen MR) is 34.9 cm³/mol. The van der Waals surface area contributed by atoms with Gasteiger partial charge in [0.25, 0.3) is 0 Å². The van der Waals surface area contributed by atoms with Crippen molar-refractivity contribution in [2.75, 3.05) is 26.9 Å². The zero-order valence-corrected chi connectivity index (χ0v) is 5.58. The van der Waals surface area contributed by atoms with E-state index in [0.29, 0.717) is 0 Å². The Labute approximate surface area is 62.6 Å². The maximum absolute atomic E-state index is 9.97. The molecule has 0 saturated carbocycles. The molecule has 0 spiro atoms. The highest BCUT2D eigenvalue weighted by atomic mass is 16.5. The fraction of sp³-hybridized carbons (Fsp3) is 0.833. The van der Waals surface area contributed by atoms with Crippen molar-refractivity contribution < 1.29 is 22.1 Å². The van der Waals surface area contributed by atoms with Gasteiger partial charge in [-0.3, -0.25) is 4.79 Å². The molecule has 0 aromatic heterocycles. The van der Waals surface area contributed by atoms with Crippen molar-refractivity contribution in [2.24, 2.45) is 0 Å². The molecule has 4 nitrogen and oxygen atoms in total. The van der Waals surface area contributed by atoms with Crippen molar-refractivity contribution in [3.8, 4) is 0 Å². The van der Waals surface area contributed by atoms with Gasteiger partial charge in [-0.25, -0.2) is 0 Å². The Morgan fingerprint density at radius 2 is 2.60 bits per heavy atom. The molecule has 1 N–H and O–H groups in total. The summed E-state index contributed by atoms with van der Waals surface area (Å²) in [6.45, 7) is 0.512. The van der Waals surface area contributed by atoms with Crippen molar-refractivity contribution in [3.63, 3.8) is 0 Å². The number of hydrogen-bond acceptors (Lipinski definition) is 3. The second-order valence-corrected chi connectivity index (χ2v) is 1.63. The van der Waals surface area contributed by atoms with Gasteiger partial charge in [0.2, 0.25) is 0 Å². The van der Waals surface area contributed by atoms with Crippen LogP contribution in [0.2, 0.25) is 0 Å². The molecule has 0 aromatic carbocycles. The van der Waals surface area contributed by atoms with Crippen molar-refractivity contribution >= 4 is 5.97 Å². The Hall–Kier alpha value is -0.610. The van der Waals surface area contributed by atoms with E-state index in [9.17, 15) is 4.79 Å². The minimum atomic E-state index is -1.30. The van der Waals surface area contributed by atoms with Crippen LogP contribution in [0.4, 0.5) is 0 Å². The van der Waals surface area contributed by atoms with Gasteiger partial charge in [0.15, 0.2) is 0 Å². The minimum absolute atomic E-state index is 0.0365. The summed E-state index contributed by atoms with van der Waals surface area (Å²) < 4.78 is 22.6. The second kappa shape index (κ2) is 6.51. The summed E-state index contributed by atoms with van der Waals surface area (Å²) >= 11 is 0. The van der Waals surface area contributed by atoms with Crippen molar-refractivity contribution in [1.29, 1.82) is 0 Å². The maximum atomic E-state index is 9.97. The molecule has 60 valence electrons. The molecule has 4 heteroatoms. The third-order valence-electron chi connectivity index (χ3n) is 0.806. The fourth-order valence-electron chi connectivity index (χ4n) is 0.369. The zero-order valence-electron chi connectivity index (χ0n) is 7.58. The van der Waals surface area contributed by atoms with Crippen LogP contribution >= 0.6 is 0 Å². The molecule has 0 rings (SSSR count). The molecular weight excluding hydrogens is 136 g/mol. The third kappa shape index (κ3) is 7.39. The number of hydrogen-bond donors (Lipinski definition) is 1. The molecule has 0 aliphatic carbocycles. The van der Waals surface area contributed by atoms with Gasteiger partial charge in [-0.05, 0) is 0 Å². The summed E-state index contributed by atoms with van der Waals surface area (Å²) in [5, 5.41) is 8.19. The molecule has 0 radical (unpaired) electrons. The van der Waals surface area contributed by atoms with Crippen LogP contribution in [0, 0.1) is 0 Å². The van der Waals surface area contributed by atoms with E-state index < -0.39 is 13.0 Å². The maximum Gasteiger partial charge on any atom is 0.305 e. The van der Waals surface area contributed by atoms with E-state index >= 15 is 0 Å². The lowest BCUT2D eigenvalue weighted by molar-refractivity contribution is -0.138. The first-order chi connectivity index (χ1) is 5.63. The van der Waals surface area contributed by atoms with Crippen molar-refractivity contribution in [2.45, 2.75) is 6.42 Å². The molecule has 1 atom stereocenters. The van der Waals surface area contributed by atoms with Crippen LogP contribution in [0.3, 0.4) is 0 Å². The van der Waals surface area contributed by atoms with E-state index in [1.165, 1.54) is 0 Å². The Bertz CT molecular complexity index is 129. The highest BCUT2D eigenvalue weighted by Gasteiger charge is 1.94. The van der Waals surface area contributed by atoms with Gasteiger partial charge in [-0.15, -0.1) is 0 Å². The first-order valence-corrected chi connectivity index (χ1v) is 2.88. The lowest BCUT2D eigenvalue weighted by Gasteiger charge is -1.99. The number of ether oxygens (including phenoxy) is 2. The molecular formula is C6H12O4. The second-order valence-electron chi connectivity index (χ2n) is 1.63. The van der Waals surface area contributed by atoms with E-state index in [2.05, 4.69) is 4.74 Å². The molecule has 0 amide bonds. The number of methoxy groups -OCH3 is 1. The Balaban J connectivity index is 2.96. The molecule has 10 heavy (non-hydrogen) atoms. The third-order valence-corrected chi connectivity index (χ3v) is 0.806. The summed E-state index contributed by atoms with van der Waals surface area (Å²) in [6.07, 6.45) is -0.0365. The van der Waals surface area contributed by atoms with Crippen LogP contribution in [-0.4, -0.2) is 38.0 Å². The average Bonchev–Trinajstić information content (AvgIpc) is 1.95. The fourth-order valence-corrected chi connectivity index (χ4v) is 0.369. The van der Waals surface area contributed by atoms with Gasteiger partial charge < -0.3 is 14.6 Å². The van der Waals surface area contributed by atoms with E-state index in [-0.39, 0.29) is 26.2 Å². The lowest BCUT2D eigenvalue weighted by Crippen LogP contribution is -2.06. The quantitative estimate of drug-likeness (QED) is 0.548. The Kier molecular flexibility index (Phi) is 3.99. The van der Waals surface area contributed by atoms with Crippen LogP contribution in [0.15, 0.2) is 0 Å². The van der Waals surface area contributed by atoms with Crippen molar-refractivity contribution in [1.82, 2.24) is 0 Å². The zero-order chi connectivity index (χ0) is 9.40. The Morgan fingerprint density at radius 1 is 1.80 bits per heavy atom. The first-order valence-electron chi connectivity index (χ1n) is 4.04. The van der Waals surface area contributed by atoms with Crippen LogP contribution in [0.1, 0.15) is 9.16 Å². The molecule has 0 bridgehead atoms. The average molecular weight is 151 g/mol. The lowest BCUT2D eigenvalue weighted by atomic mass is 10.5.